The number of hydrogen-bond donors (Lipinski definition) is 2. The van der Waals surface area contributed by atoms with Crippen LogP contribution in [0.5, 0.6) is 0 Å². The van der Waals surface area contributed by atoms with Gasteiger partial charge in [-0.3, -0.25) is 4.99 Å². The number of nitrogens with one attached hydrogen (secondary N) is 2. The average Bonchev–Trinajstić information content (AvgIpc) is 2.75. The van der Waals surface area contributed by atoms with Gasteiger partial charge in [-0.15, -0.1) is 24.0 Å². The third kappa shape index (κ3) is 4.00. The Labute approximate surface area is 162 Å². The molecule has 0 aromatic rings. The van der Waals surface area contributed by atoms with Crippen molar-refractivity contribution < 1.29 is 13.2 Å². The lowest BCUT2D eigenvalue weighted by atomic mass is 9.51. The minimum absolute atomic E-state index is 0. The number of nitrogens with zero attached hydrogens (tertiary/aromatic N) is 1. The molecule has 24 heavy (non-hydrogen) atoms. The molecule has 2 saturated carbocycles. The van der Waals surface area contributed by atoms with Crippen LogP contribution in [0.25, 0.3) is 0 Å². The van der Waals surface area contributed by atoms with Crippen molar-refractivity contribution in [1.29, 1.82) is 0 Å². The topological polar surface area (TPSA) is 79.8 Å². The SMILES string of the molecule is CCN=C(NC1CCS(=O)(=O)C1)NC1CC(OCC)C12CCC2.I. The van der Waals surface area contributed by atoms with Gasteiger partial charge in [0.2, 0.25) is 0 Å². The highest BCUT2D eigenvalue weighted by molar-refractivity contribution is 14.0. The maximum absolute atomic E-state index is 11.6. The number of sulfone groups is 1. The normalized spacial score (nSPS) is 33.2. The first kappa shape index (κ1) is 20.2. The van der Waals surface area contributed by atoms with Crippen LogP contribution in [0.1, 0.15) is 46.0 Å². The summed E-state index contributed by atoms with van der Waals surface area (Å²) in [6, 6.07) is 0.376. The smallest absolute Gasteiger partial charge is 0.191 e. The third-order valence-electron chi connectivity index (χ3n) is 5.64. The van der Waals surface area contributed by atoms with E-state index in [0.29, 0.717) is 25.1 Å². The van der Waals surface area contributed by atoms with Crippen LogP contribution < -0.4 is 10.6 Å². The average molecular weight is 471 g/mol. The Morgan fingerprint density at radius 3 is 2.54 bits per heavy atom. The second kappa shape index (κ2) is 8.07. The van der Waals surface area contributed by atoms with Crippen LogP contribution in [0.2, 0.25) is 0 Å². The second-order valence-electron chi connectivity index (χ2n) is 7.03. The molecule has 1 aliphatic heterocycles. The van der Waals surface area contributed by atoms with Gasteiger partial charge in [0.15, 0.2) is 15.8 Å². The summed E-state index contributed by atoms with van der Waals surface area (Å²) in [4.78, 5) is 4.51. The van der Waals surface area contributed by atoms with E-state index in [9.17, 15) is 8.42 Å². The van der Waals surface area contributed by atoms with Gasteiger partial charge >= 0.3 is 0 Å². The van der Waals surface area contributed by atoms with Gasteiger partial charge in [-0.1, -0.05) is 6.42 Å². The molecular weight excluding hydrogens is 441 g/mol. The molecule has 2 aliphatic carbocycles. The number of halogens is 1. The molecule has 6 nitrogen and oxygen atoms in total. The van der Waals surface area contributed by atoms with Gasteiger partial charge in [-0.2, -0.15) is 0 Å². The summed E-state index contributed by atoms with van der Waals surface area (Å²) in [5, 5.41) is 6.88. The largest absolute Gasteiger partial charge is 0.378 e. The molecule has 3 rings (SSSR count). The minimum atomic E-state index is -2.87. The molecule has 0 bridgehead atoms. The molecule has 0 aromatic heterocycles. The molecular formula is C16H30IN3O3S. The molecule has 0 amide bonds. The summed E-state index contributed by atoms with van der Waals surface area (Å²) in [6.45, 7) is 5.51. The fourth-order valence-electron chi connectivity index (χ4n) is 4.20. The van der Waals surface area contributed by atoms with Crippen LogP contribution in [-0.4, -0.2) is 57.2 Å². The van der Waals surface area contributed by atoms with Crippen molar-refractivity contribution in [1.82, 2.24) is 10.6 Å². The van der Waals surface area contributed by atoms with Crippen LogP contribution in [0.3, 0.4) is 0 Å². The molecule has 0 aromatic carbocycles. The van der Waals surface area contributed by atoms with E-state index in [2.05, 4.69) is 22.5 Å². The number of hydrogen-bond acceptors (Lipinski definition) is 4. The first-order chi connectivity index (χ1) is 11.0. The van der Waals surface area contributed by atoms with Gasteiger partial charge in [0.1, 0.15) is 0 Å². The van der Waals surface area contributed by atoms with E-state index in [4.69, 9.17) is 4.74 Å². The van der Waals surface area contributed by atoms with Crippen LogP contribution in [-0.2, 0) is 14.6 Å². The molecule has 8 heteroatoms. The van der Waals surface area contributed by atoms with E-state index in [1.165, 1.54) is 19.3 Å². The first-order valence-electron chi connectivity index (χ1n) is 8.88. The summed E-state index contributed by atoms with van der Waals surface area (Å²) in [6.07, 6.45) is 5.76. The van der Waals surface area contributed by atoms with Crippen molar-refractivity contribution in [3.63, 3.8) is 0 Å². The summed E-state index contributed by atoms with van der Waals surface area (Å²) >= 11 is 0. The van der Waals surface area contributed by atoms with E-state index in [-0.39, 0.29) is 46.9 Å². The third-order valence-corrected chi connectivity index (χ3v) is 7.41. The summed E-state index contributed by atoms with van der Waals surface area (Å²) in [7, 11) is -2.87. The van der Waals surface area contributed by atoms with Gasteiger partial charge in [0.05, 0.1) is 17.6 Å². The molecule has 3 atom stereocenters. The predicted molar refractivity (Wildman–Crippen MR) is 107 cm³/mol. The van der Waals surface area contributed by atoms with Crippen molar-refractivity contribution >= 4 is 39.8 Å². The summed E-state index contributed by atoms with van der Waals surface area (Å²) in [5.74, 6) is 1.26. The van der Waals surface area contributed by atoms with E-state index in [1.807, 2.05) is 6.92 Å². The molecule has 1 spiro atoms. The zero-order chi connectivity index (χ0) is 16.5. The van der Waals surface area contributed by atoms with Crippen LogP contribution in [0.4, 0.5) is 0 Å². The molecule has 1 heterocycles. The fourth-order valence-corrected chi connectivity index (χ4v) is 5.87. The second-order valence-corrected chi connectivity index (χ2v) is 9.26. The number of ether oxygens (including phenoxy) is 1. The molecule has 3 aliphatic rings. The predicted octanol–water partition coefficient (Wildman–Crippen LogP) is 1.69. The fraction of sp³-hybridized carbons (Fsp3) is 0.938. The van der Waals surface area contributed by atoms with Gasteiger partial charge < -0.3 is 15.4 Å². The van der Waals surface area contributed by atoms with Gasteiger partial charge in [0, 0.05) is 30.7 Å². The van der Waals surface area contributed by atoms with E-state index >= 15 is 0 Å². The lowest BCUT2D eigenvalue weighted by molar-refractivity contribution is -0.168. The molecule has 3 fully saturated rings. The minimum Gasteiger partial charge on any atom is -0.378 e. The Balaban J connectivity index is 0.00000208. The zero-order valence-electron chi connectivity index (χ0n) is 14.6. The van der Waals surface area contributed by atoms with E-state index in [0.717, 1.165) is 19.0 Å². The highest BCUT2D eigenvalue weighted by Crippen LogP contribution is 2.57. The summed E-state index contributed by atoms with van der Waals surface area (Å²) < 4.78 is 29.1. The van der Waals surface area contributed by atoms with E-state index in [1.54, 1.807) is 0 Å². The maximum atomic E-state index is 11.6. The van der Waals surface area contributed by atoms with Crippen molar-refractivity contribution in [3.05, 3.63) is 0 Å². The van der Waals surface area contributed by atoms with Crippen molar-refractivity contribution in [2.75, 3.05) is 24.7 Å². The maximum Gasteiger partial charge on any atom is 0.191 e. The summed E-state index contributed by atoms with van der Waals surface area (Å²) in [5.41, 5.74) is 0.272. The lowest BCUT2D eigenvalue weighted by Gasteiger charge is -2.61. The Kier molecular flexibility index (Phi) is 6.80. The Bertz CT molecular complexity index is 563. The lowest BCUT2D eigenvalue weighted by Crippen LogP contribution is -2.69. The van der Waals surface area contributed by atoms with Crippen molar-refractivity contribution in [2.24, 2.45) is 10.4 Å². The van der Waals surface area contributed by atoms with Crippen LogP contribution in [0.15, 0.2) is 4.99 Å². The molecule has 1 saturated heterocycles. The van der Waals surface area contributed by atoms with Crippen LogP contribution >= 0.6 is 24.0 Å². The number of rotatable bonds is 5. The van der Waals surface area contributed by atoms with Crippen LogP contribution in [0, 0.1) is 5.41 Å². The van der Waals surface area contributed by atoms with Gasteiger partial charge in [-0.05, 0) is 39.5 Å². The highest BCUT2D eigenvalue weighted by Gasteiger charge is 2.59. The number of guanidine groups is 1. The monoisotopic (exact) mass is 471 g/mol. The number of aliphatic imine (C=N–C) groups is 1. The Hall–Kier alpha value is -0.0900. The Morgan fingerprint density at radius 1 is 1.29 bits per heavy atom. The zero-order valence-corrected chi connectivity index (χ0v) is 17.7. The van der Waals surface area contributed by atoms with Gasteiger partial charge in [0.25, 0.3) is 0 Å². The standard InChI is InChI=1S/C16H29N3O3S.HI/c1-3-17-15(18-12-6-9-23(20,21)11-12)19-13-10-14(22-4-2)16(13)7-5-8-16;/h12-14H,3-11H2,1-2H3,(H2,17,18,19);1H. The molecule has 2 N–H and O–H groups in total. The van der Waals surface area contributed by atoms with Crippen molar-refractivity contribution in [2.45, 2.75) is 64.1 Å². The van der Waals surface area contributed by atoms with Crippen molar-refractivity contribution in [3.8, 4) is 0 Å². The molecule has 0 radical (unpaired) electrons. The van der Waals surface area contributed by atoms with Gasteiger partial charge in [-0.25, -0.2) is 8.42 Å². The Morgan fingerprint density at radius 2 is 2.04 bits per heavy atom. The van der Waals surface area contributed by atoms with E-state index < -0.39 is 9.84 Å². The molecule has 3 unspecified atom stereocenters. The quantitative estimate of drug-likeness (QED) is 0.363. The molecule has 140 valence electrons. The first-order valence-corrected chi connectivity index (χ1v) is 10.7. The highest BCUT2D eigenvalue weighted by atomic mass is 127.